The highest BCUT2D eigenvalue weighted by molar-refractivity contribution is 5.76. The molecule has 0 radical (unpaired) electrons. The SMILES string of the molecule is O=c1[nH]c2cc(F)ccc2c(=O)n1O. The smallest absolute Gasteiger partial charge is 0.362 e. The Balaban J connectivity index is 3.06. The summed E-state index contributed by atoms with van der Waals surface area (Å²) in [6.45, 7) is 0. The van der Waals surface area contributed by atoms with E-state index in [1.54, 1.807) is 0 Å². The molecule has 14 heavy (non-hydrogen) atoms. The van der Waals surface area contributed by atoms with Gasteiger partial charge in [0.2, 0.25) is 0 Å². The number of nitrogens with one attached hydrogen (secondary N) is 1. The van der Waals surface area contributed by atoms with E-state index in [4.69, 9.17) is 5.21 Å². The molecule has 0 aliphatic carbocycles. The van der Waals surface area contributed by atoms with E-state index >= 15 is 0 Å². The number of H-pyrrole nitrogens is 1. The van der Waals surface area contributed by atoms with Crippen molar-refractivity contribution in [2.45, 2.75) is 0 Å². The van der Waals surface area contributed by atoms with Crippen molar-refractivity contribution in [1.29, 1.82) is 0 Å². The molecule has 0 amide bonds. The summed E-state index contributed by atoms with van der Waals surface area (Å²) in [6.07, 6.45) is 0. The lowest BCUT2D eigenvalue weighted by Gasteiger charge is -1.98. The molecule has 1 heterocycles. The van der Waals surface area contributed by atoms with Gasteiger partial charge in [-0.15, -0.1) is 0 Å². The van der Waals surface area contributed by atoms with Gasteiger partial charge in [0.1, 0.15) is 5.82 Å². The Morgan fingerprint density at radius 2 is 2.07 bits per heavy atom. The molecular formula is C8H5FN2O3. The molecule has 0 aliphatic heterocycles. The fraction of sp³-hybridized carbons (Fsp3) is 0. The first-order valence-electron chi connectivity index (χ1n) is 3.73. The van der Waals surface area contributed by atoms with Crippen molar-refractivity contribution >= 4 is 10.9 Å². The average molecular weight is 196 g/mol. The molecule has 2 rings (SSSR count). The molecule has 0 spiro atoms. The zero-order valence-corrected chi connectivity index (χ0v) is 6.82. The molecule has 2 aromatic rings. The molecule has 0 atom stereocenters. The van der Waals surface area contributed by atoms with Crippen LogP contribution in [0, 0.1) is 5.82 Å². The van der Waals surface area contributed by atoms with Crippen molar-refractivity contribution in [2.75, 3.05) is 0 Å². The van der Waals surface area contributed by atoms with Gasteiger partial charge in [-0.1, -0.05) is 4.73 Å². The lowest BCUT2D eigenvalue weighted by molar-refractivity contribution is 0.162. The largest absolute Gasteiger partial charge is 0.421 e. The maximum Gasteiger partial charge on any atom is 0.362 e. The first-order valence-corrected chi connectivity index (χ1v) is 3.73. The van der Waals surface area contributed by atoms with Gasteiger partial charge in [-0.2, -0.15) is 0 Å². The van der Waals surface area contributed by atoms with Gasteiger partial charge in [0.25, 0.3) is 5.56 Å². The molecule has 0 saturated heterocycles. The van der Waals surface area contributed by atoms with E-state index in [2.05, 4.69) is 4.98 Å². The monoisotopic (exact) mass is 196 g/mol. The Kier molecular flexibility index (Phi) is 1.63. The summed E-state index contributed by atoms with van der Waals surface area (Å²) in [7, 11) is 0. The molecular weight excluding hydrogens is 191 g/mol. The van der Waals surface area contributed by atoms with Gasteiger partial charge in [-0.3, -0.25) is 4.79 Å². The van der Waals surface area contributed by atoms with E-state index in [0.717, 1.165) is 12.1 Å². The fourth-order valence-corrected chi connectivity index (χ4v) is 1.18. The van der Waals surface area contributed by atoms with Crippen molar-refractivity contribution in [2.24, 2.45) is 0 Å². The number of halogens is 1. The molecule has 5 nitrogen and oxygen atoms in total. The van der Waals surface area contributed by atoms with E-state index in [-0.39, 0.29) is 15.6 Å². The summed E-state index contributed by atoms with van der Waals surface area (Å²) in [4.78, 5) is 24.3. The third-order valence-electron chi connectivity index (χ3n) is 1.84. The third-order valence-corrected chi connectivity index (χ3v) is 1.84. The first kappa shape index (κ1) is 8.49. The van der Waals surface area contributed by atoms with Gasteiger partial charge in [0.05, 0.1) is 10.9 Å². The van der Waals surface area contributed by atoms with Gasteiger partial charge in [0.15, 0.2) is 0 Å². The summed E-state index contributed by atoms with van der Waals surface area (Å²) in [5, 5.41) is 8.99. The van der Waals surface area contributed by atoms with Crippen LogP contribution in [0.2, 0.25) is 0 Å². The molecule has 2 N–H and O–H groups in total. The molecule has 0 saturated carbocycles. The standard InChI is InChI=1S/C8H5FN2O3/c9-4-1-2-5-6(3-4)10-8(13)11(14)7(5)12/h1-3,14H,(H,10,13). The van der Waals surface area contributed by atoms with Crippen LogP contribution in [0.3, 0.4) is 0 Å². The van der Waals surface area contributed by atoms with E-state index in [0.29, 0.717) is 0 Å². The Morgan fingerprint density at radius 1 is 1.36 bits per heavy atom. The molecule has 0 aliphatic rings. The minimum atomic E-state index is -0.992. The molecule has 0 unspecified atom stereocenters. The minimum absolute atomic E-state index is 0.0495. The summed E-state index contributed by atoms with van der Waals surface area (Å²) < 4.78 is 12.7. The van der Waals surface area contributed by atoms with E-state index in [1.165, 1.54) is 6.07 Å². The lowest BCUT2D eigenvalue weighted by atomic mass is 10.2. The third kappa shape index (κ3) is 1.08. The molecule has 1 aromatic carbocycles. The molecule has 1 aromatic heterocycles. The Morgan fingerprint density at radius 3 is 2.79 bits per heavy atom. The summed E-state index contributed by atoms with van der Waals surface area (Å²) in [6, 6.07) is 3.27. The van der Waals surface area contributed by atoms with Crippen molar-refractivity contribution in [3.8, 4) is 0 Å². The van der Waals surface area contributed by atoms with Gasteiger partial charge < -0.3 is 10.2 Å². The second-order valence-corrected chi connectivity index (χ2v) is 2.74. The van der Waals surface area contributed by atoms with Gasteiger partial charge in [-0.25, -0.2) is 9.18 Å². The Labute approximate surface area is 76.0 Å². The fourth-order valence-electron chi connectivity index (χ4n) is 1.18. The zero-order chi connectivity index (χ0) is 10.3. The van der Waals surface area contributed by atoms with Crippen molar-refractivity contribution in [3.63, 3.8) is 0 Å². The van der Waals surface area contributed by atoms with Crippen LogP contribution >= 0.6 is 0 Å². The first-order chi connectivity index (χ1) is 6.59. The van der Waals surface area contributed by atoms with Crippen LogP contribution < -0.4 is 11.2 Å². The molecule has 0 bridgehead atoms. The van der Waals surface area contributed by atoms with Crippen molar-refractivity contribution in [3.05, 3.63) is 44.9 Å². The predicted octanol–water partition coefficient (Wildman–Crippen LogP) is 0.0662. The summed E-state index contributed by atoms with van der Waals surface area (Å²) in [5.41, 5.74) is -1.80. The second-order valence-electron chi connectivity index (χ2n) is 2.74. The normalized spacial score (nSPS) is 10.6. The quantitative estimate of drug-likeness (QED) is 0.585. The van der Waals surface area contributed by atoms with Crippen LogP contribution in [-0.2, 0) is 0 Å². The van der Waals surface area contributed by atoms with Crippen molar-refractivity contribution < 1.29 is 9.60 Å². The summed E-state index contributed by atoms with van der Waals surface area (Å²) >= 11 is 0. The van der Waals surface area contributed by atoms with Crippen LogP contribution in [0.15, 0.2) is 27.8 Å². The second kappa shape index (κ2) is 2.69. The van der Waals surface area contributed by atoms with Crippen LogP contribution in [-0.4, -0.2) is 14.9 Å². The van der Waals surface area contributed by atoms with E-state index < -0.39 is 17.1 Å². The average Bonchev–Trinajstić information content (AvgIpc) is 2.14. The predicted molar refractivity (Wildman–Crippen MR) is 46.0 cm³/mol. The highest BCUT2D eigenvalue weighted by atomic mass is 19.1. The summed E-state index contributed by atoms with van der Waals surface area (Å²) in [5.74, 6) is -0.566. The van der Waals surface area contributed by atoms with Crippen molar-refractivity contribution in [1.82, 2.24) is 9.71 Å². The number of rotatable bonds is 0. The number of hydrogen-bond donors (Lipinski definition) is 2. The molecule has 72 valence electrons. The van der Waals surface area contributed by atoms with Crippen LogP contribution in [0.4, 0.5) is 4.39 Å². The maximum absolute atomic E-state index is 12.7. The topological polar surface area (TPSA) is 75.1 Å². The lowest BCUT2D eigenvalue weighted by Crippen LogP contribution is -2.33. The van der Waals surface area contributed by atoms with Crippen LogP contribution in [0.25, 0.3) is 10.9 Å². The van der Waals surface area contributed by atoms with E-state index in [9.17, 15) is 14.0 Å². The van der Waals surface area contributed by atoms with Crippen LogP contribution in [0.5, 0.6) is 0 Å². The molecule has 0 fully saturated rings. The number of aromatic amines is 1. The highest BCUT2D eigenvalue weighted by Crippen LogP contribution is 2.06. The zero-order valence-electron chi connectivity index (χ0n) is 6.82. The van der Waals surface area contributed by atoms with Gasteiger partial charge >= 0.3 is 5.69 Å². The van der Waals surface area contributed by atoms with Gasteiger partial charge in [-0.05, 0) is 18.2 Å². The number of aromatic nitrogens is 2. The van der Waals surface area contributed by atoms with Gasteiger partial charge in [0, 0.05) is 0 Å². The Bertz CT molecular complexity index is 614. The highest BCUT2D eigenvalue weighted by Gasteiger charge is 2.06. The maximum atomic E-state index is 12.7. The minimum Gasteiger partial charge on any atom is -0.421 e. The number of fused-ring (bicyclic) bond motifs is 1. The Hall–Kier alpha value is -2.11. The molecule has 6 heteroatoms. The number of benzene rings is 1. The van der Waals surface area contributed by atoms with E-state index in [1.807, 2.05) is 0 Å². The number of nitrogens with zero attached hydrogens (tertiary/aromatic N) is 1. The van der Waals surface area contributed by atoms with Crippen LogP contribution in [0.1, 0.15) is 0 Å². The number of hydrogen-bond acceptors (Lipinski definition) is 3.